The van der Waals surface area contributed by atoms with Crippen LogP contribution in [0.15, 0.2) is 42.7 Å². The van der Waals surface area contributed by atoms with Crippen molar-refractivity contribution in [1.29, 1.82) is 0 Å². The van der Waals surface area contributed by atoms with Gasteiger partial charge in [0.05, 0.1) is 17.9 Å². The summed E-state index contributed by atoms with van der Waals surface area (Å²) in [6.45, 7) is 5.38. The lowest BCUT2D eigenvalue weighted by molar-refractivity contribution is 0.207. The van der Waals surface area contributed by atoms with E-state index in [2.05, 4.69) is 41.8 Å². The Bertz CT molecular complexity index is 794. The normalized spacial score (nSPS) is 14.7. The van der Waals surface area contributed by atoms with Crippen LogP contribution in [0.5, 0.6) is 0 Å². The molecule has 0 aliphatic carbocycles. The fourth-order valence-corrected chi connectivity index (χ4v) is 2.87. The van der Waals surface area contributed by atoms with Gasteiger partial charge < -0.3 is 4.57 Å². The molecule has 116 valence electrons. The van der Waals surface area contributed by atoms with Crippen LogP contribution in [0.25, 0.3) is 11.4 Å². The average molecular weight is 306 g/mol. The summed E-state index contributed by atoms with van der Waals surface area (Å²) in [5, 5.41) is 8.75. The smallest absolute Gasteiger partial charge is 0.164 e. The van der Waals surface area contributed by atoms with E-state index < -0.39 is 0 Å². The molecule has 0 saturated carbocycles. The van der Waals surface area contributed by atoms with E-state index in [0.717, 1.165) is 54.8 Å². The molecule has 0 amide bonds. The molecule has 1 aliphatic heterocycles. The van der Waals surface area contributed by atoms with Crippen molar-refractivity contribution in [2.45, 2.75) is 26.6 Å². The second kappa shape index (κ2) is 5.89. The lowest BCUT2D eigenvalue weighted by Gasteiger charge is -2.27. The summed E-state index contributed by atoms with van der Waals surface area (Å²) < 4.78 is 2.21. The van der Waals surface area contributed by atoms with E-state index >= 15 is 0 Å². The predicted octanol–water partition coefficient (Wildman–Crippen LogP) is 2.06. The molecule has 6 heteroatoms. The Labute approximate surface area is 134 Å². The Kier molecular flexibility index (Phi) is 3.59. The molecule has 1 aliphatic rings. The maximum absolute atomic E-state index is 4.43. The Morgan fingerprint density at radius 2 is 1.87 bits per heavy atom. The SMILES string of the molecule is Cc1cnc(CN2CCn3c(nnc3-c3ccccc3)C2)cn1. The molecule has 23 heavy (non-hydrogen) atoms. The lowest BCUT2D eigenvalue weighted by atomic mass is 10.2. The minimum atomic E-state index is 0.787. The highest BCUT2D eigenvalue weighted by atomic mass is 15.3. The first-order valence-corrected chi connectivity index (χ1v) is 7.77. The summed E-state index contributed by atoms with van der Waals surface area (Å²) in [4.78, 5) is 11.1. The largest absolute Gasteiger partial charge is 0.309 e. The molecule has 1 aromatic carbocycles. The minimum absolute atomic E-state index is 0.787. The summed E-state index contributed by atoms with van der Waals surface area (Å²) in [6.07, 6.45) is 3.67. The Morgan fingerprint density at radius 1 is 1.00 bits per heavy atom. The fourth-order valence-electron chi connectivity index (χ4n) is 2.87. The molecule has 3 aromatic rings. The Balaban J connectivity index is 1.52. The zero-order valence-electron chi connectivity index (χ0n) is 13.1. The van der Waals surface area contributed by atoms with E-state index in [9.17, 15) is 0 Å². The minimum Gasteiger partial charge on any atom is -0.309 e. The number of benzene rings is 1. The predicted molar refractivity (Wildman–Crippen MR) is 86.3 cm³/mol. The Morgan fingerprint density at radius 3 is 2.65 bits per heavy atom. The van der Waals surface area contributed by atoms with Crippen LogP contribution in [0.4, 0.5) is 0 Å². The number of fused-ring (bicyclic) bond motifs is 1. The van der Waals surface area contributed by atoms with Crippen molar-refractivity contribution < 1.29 is 0 Å². The van der Waals surface area contributed by atoms with Crippen LogP contribution >= 0.6 is 0 Å². The number of aryl methyl sites for hydroxylation is 1. The number of nitrogens with zero attached hydrogens (tertiary/aromatic N) is 6. The lowest BCUT2D eigenvalue weighted by Crippen LogP contribution is -2.33. The molecule has 0 bridgehead atoms. The van der Waals surface area contributed by atoms with Gasteiger partial charge in [-0.2, -0.15) is 0 Å². The van der Waals surface area contributed by atoms with E-state index in [1.54, 1.807) is 0 Å². The number of hydrogen-bond donors (Lipinski definition) is 0. The molecular weight excluding hydrogens is 288 g/mol. The molecule has 2 aromatic heterocycles. The van der Waals surface area contributed by atoms with Crippen LogP contribution in [-0.4, -0.2) is 36.2 Å². The zero-order chi connectivity index (χ0) is 15.6. The van der Waals surface area contributed by atoms with Gasteiger partial charge >= 0.3 is 0 Å². The molecule has 0 saturated heterocycles. The number of aromatic nitrogens is 5. The van der Waals surface area contributed by atoms with Gasteiger partial charge in [-0.1, -0.05) is 30.3 Å². The first-order chi connectivity index (χ1) is 11.3. The van der Waals surface area contributed by atoms with E-state index in [-0.39, 0.29) is 0 Å². The van der Waals surface area contributed by atoms with Gasteiger partial charge in [0.15, 0.2) is 5.82 Å². The topological polar surface area (TPSA) is 59.7 Å². The Hall–Kier alpha value is -2.60. The van der Waals surface area contributed by atoms with Gasteiger partial charge in [0.2, 0.25) is 0 Å². The van der Waals surface area contributed by atoms with E-state index in [0.29, 0.717) is 0 Å². The van der Waals surface area contributed by atoms with Gasteiger partial charge in [0.1, 0.15) is 5.82 Å². The van der Waals surface area contributed by atoms with Gasteiger partial charge in [-0.3, -0.25) is 14.9 Å². The summed E-state index contributed by atoms with van der Waals surface area (Å²) in [6, 6.07) is 10.2. The zero-order valence-corrected chi connectivity index (χ0v) is 13.1. The van der Waals surface area contributed by atoms with Crippen LogP contribution in [-0.2, 0) is 19.6 Å². The molecule has 6 nitrogen and oxygen atoms in total. The van der Waals surface area contributed by atoms with Crippen molar-refractivity contribution >= 4 is 0 Å². The first kappa shape index (κ1) is 14.0. The maximum atomic E-state index is 4.43. The summed E-state index contributed by atoms with van der Waals surface area (Å²) in [5.74, 6) is 1.96. The quantitative estimate of drug-likeness (QED) is 0.741. The second-order valence-corrected chi connectivity index (χ2v) is 5.82. The van der Waals surface area contributed by atoms with Crippen molar-refractivity contribution in [2.24, 2.45) is 0 Å². The van der Waals surface area contributed by atoms with Crippen molar-refractivity contribution in [1.82, 2.24) is 29.6 Å². The van der Waals surface area contributed by atoms with Gasteiger partial charge in [0, 0.05) is 37.6 Å². The molecule has 0 radical (unpaired) electrons. The van der Waals surface area contributed by atoms with Crippen molar-refractivity contribution in [3.63, 3.8) is 0 Å². The highest BCUT2D eigenvalue weighted by molar-refractivity contribution is 5.55. The van der Waals surface area contributed by atoms with Crippen molar-refractivity contribution in [3.05, 3.63) is 59.9 Å². The highest BCUT2D eigenvalue weighted by Crippen LogP contribution is 2.21. The van der Waals surface area contributed by atoms with Crippen molar-refractivity contribution in [2.75, 3.05) is 6.54 Å². The molecule has 0 atom stereocenters. The molecule has 0 fully saturated rings. The van der Waals surface area contributed by atoms with Crippen LogP contribution in [0.3, 0.4) is 0 Å². The molecule has 3 heterocycles. The first-order valence-electron chi connectivity index (χ1n) is 7.77. The molecule has 0 unspecified atom stereocenters. The fraction of sp³-hybridized carbons (Fsp3) is 0.294. The average Bonchev–Trinajstić information content (AvgIpc) is 3.01. The van der Waals surface area contributed by atoms with Gasteiger partial charge in [0.25, 0.3) is 0 Å². The van der Waals surface area contributed by atoms with Crippen molar-refractivity contribution in [3.8, 4) is 11.4 Å². The maximum Gasteiger partial charge on any atom is 0.164 e. The van der Waals surface area contributed by atoms with Crippen LogP contribution < -0.4 is 0 Å². The third-order valence-corrected chi connectivity index (χ3v) is 4.08. The van der Waals surface area contributed by atoms with Crippen LogP contribution in [0.1, 0.15) is 17.2 Å². The summed E-state index contributed by atoms with van der Waals surface area (Å²) in [5.41, 5.74) is 3.05. The van der Waals surface area contributed by atoms with Gasteiger partial charge in [-0.15, -0.1) is 10.2 Å². The summed E-state index contributed by atoms with van der Waals surface area (Å²) >= 11 is 0. The third-order valence-electron chi connectivity index (χ3n) is 4.08. The molecule has 0 spiro atoms. The van der Waals surface area contributed by atoms with Gasteiger partial charge in [-0.05, 0) is 6.92 Å². The van der Waals surface area contributed by atoms with Gasteiger partial charge in [-0.25, -0.2) is 0 Å². The summed E-state index contributed by atoms with van der Waals surface area (Å²) in [7, 11) is 0. The highest BCUT2D eigenvalue weighted by Gasteiger charge is 2.22. The second-order valence-electron chi connectivity index (χ2n) is 5.82. The molecule has 0 N–H and O–H groups in total. The standard InChI is InChI=1S/C17H18N6/c1-13-9-19-15(10-18-13)11-22-7-8-23-16(12-22)20-21-17(23)14-5-3-2-4-6-14/h2-6,9-10H,7-8,11-12H2,1H3. The van der Waals surface area contributed by atoms with E-state index in [1.165, 1.54) is 0 Å². The molecule has 4 rings (SSSR count). The third kappa shape index (κ3) is 2.85. The van der Waals surface area contributed by atoms with E-state index in [1.807, 2.05) is 37.5 Å². The van der Waals surface area contributed by atoms with E-state index in [4.69, 9.17) is 0 Å². The monoisotopic (exact) mass is 306 g/mol. The van der Waals surface area contributed by atoms with Crippen LogP contribution in [0, 0.1) is 6.92 Å². The number of rotatable bonds is 3. The van der Waals surface area contributed by atoms with Crippen LogP contribution in [0.2, 0.25) is 0 Å². The number of hydrogen-bond acceptors (Lipinski definition) is 5. The molecular formula is C17H18N6.